The molecule has 0 radical (unpaired) electrons. The van der Waals surface area contributed by atoms with E-state index in [1.807, 2.05) is 27.2 Å². The van der Waals surface area contributed by atoms with E-state index in [2.05, 4.69) is 129 Å². The molecule has 2 N–H and O–H groups in total. The van der Waals surface area contributed by atoms with E-state index in [9.17, 15) is 19.4 Å². The van der Waals surface area contributed by atoms with E-state index in [4.69, 9.17) is 9.05 Å². The molecule has 0 spiro atoms. The van der Waals surface area contributed by atoms with E-state index in [1.54, 1.807) is 6.08 Å². The molecule has 0 heterocycles. The monoisotopic (exact) mass is 1010 g/mol. The molecule has 9 heteroatoms. The molecule has 3 atom stereocenters. The predicted octanol–water partition coefficient (Wildman–Crippen LogP) is 16.7. The predicted molar refractivity (Wildman–Crippen MR) is 306 cm³/mol. The van der Waals surface area contributed by atoms with E-state index in [0.29, 0.717) is 23.9 Å². The van der Waals surface area contributed by atoms with E-state index in [1.165, 1.54) is 109 Å². The molecular formula is C62H107N2O6P. The standard InChI is InChI=1S/C62H107N2O6P/c1-6-8-10-12-14-16-18-20-22-24-26-28-30-31-32-34-35-37-39-41-43-45-47-49-51-53-55-61(65)60(59-70-71(67,68)69-58-57-64(3,4)5)63-62(66)56-54-52-50-48-46-44-42-40-38-36-33-29-27-25-23-21-19-17-15-13-11-9-7-2/h9,11,15,17,21,23,27,29,36-39,42,44-45,47-48,50,53,55,60-61,65H,6-8,10,12-14,16,18-20,22,24-26,28,30-35,40-41,43,46,49,51-52,54,56-59H2,1-5H3,(H-,63,66,67,68)/b11-9-,17-15-,23-21-,29-27-,38-36-,39-37+,44-42-,47-45+,50-48-,55-53+. The molecule has 0 fully saturated rings. The Bertz CT molecular complexity index is 1560. The molecule has 1 amide bonds. The zero-order valence-electron chi connectivity index (χ0n) is 46.1. The molecule has 0 aliphatic heterocycles. The molecule has 0 aromatic carbocycles. The van der Waals surface area contributed by atoms with Crippen molar-refractivity contribution in [1.29, 1.82) is 0 Å². The molecule has 0 saturated heterocycles. The Balaban J connectivity index is 4.44. The van der Waals surface area contributed by atoms with Crippen molar-refractivity contribution in [3.63, 3.8) is 0 Å². The molecule has 0 saturated carbocycles. The minimum absolute atomic E-state index is 0.0270. The van der Waals surface area contributed by atoms with Crippen LogP contribution in [0.5, 0.6) is 0 Å². The zero-order chi connectivity index (χ0) is 52.0. The lowest BCUT2D eigenvalue weighted by Gasteiger charge is -2.29. The highest BCUT2D eigenvalue weighted by atomic mass is 31.2. The number of aliphatic hydroxyl groups excluding tert-OH is 1. The van der Waals surface area contributed by atoms with Gasteiger partial charge in [-0.05, 0) is 96.3 Å². The summed E-state index contributed by atoms with van der Waals surface area (Å²) < 4.78 is 23.3. The Morgan fingerprint density at radius 1 is 0.507 bits per heavy atom. The lowest BCUT2D eigenvalue weighted by molar-refractivity contribution is -0.870. The van der Waals surface area contributed by atoms with Gasteiger partial charge in [-0.3, -0.25) is 9.36 Å². The Morgan fingerprint density at radius 2 is 0.873 bits per heavy atom. The molecule has 406 valence electrons. The van der Waals surface area contributed by atoms with Crippen LogP contribution in [0.1, 0.15) is 213 Å². The summed E-state index contributed by atoms with van der Waals surface area (Å²) in [4.78, 5) is 25.5. The highest BCUT2D eigenvalue weighted by molar-refractivity contribution is 7.45. The first-order valence-electron chi connectivity index (χ1n) is 28.4. The number of hydrogen-bond donors (Lipinski definition) is 2. The van der Waals surface area contributed by atoms with Crippen molar-refractivity contribution >= 4 is 13.7 Å². The summed E-state index contributed by atoms with van der Waals surface area (Å²) in [6.45, 7) is 4.45. The minimum Gasteiger partial charge on any atom is -0.756 e. The molecule has 0 rings (SSSR count). The third kappa shape index (κ3) is 54.5. The van der Waals surface area contributed by atoms with E-state index < -0.39 is 26.6 Å². The molecule has 3 unspecified atom stereocenters. The van der Waals surface area contributed by atoms with Crippen molar-refractivity contribution in [2.45, 2.75) is 225 Å². The number of amides is 1. The van der Waals surface area contributed by atoms with Crippen molar-refractivity contribution in [1.82, 2.24) is 5.32 Å². The van der Waals surface area contributed by atoms with Crippen LogP contribution in [0.25, 0.3) is 0 Å². The summed E-state index contributed by atoms with van der Waals surface area (Å²) in [5, 5.41) is 13.8. The number of unbranched alkanes of at least 4 members (excludes halogenated alkanes) is 19. The second-order valence-corrected chi connectivity index (χ2v) is 21.3. The van der Waals surface area contributed by atoms with Gasteiger partial charge in [0.15, 0.2) is 0 Å². The van der Waals surface area contributed by atoms with Crippen LogP contribution in [0.15, 0.2) is 122 Å². The lowest BCUT2D eigenvalue weighted by atomic mass is 10.0. The topological polar surface area (TPSA) is 108 Å². The van der Waals surface area contributed by atoms with Crippen molar-refractivity contribution in [3.05, 3.63) is 122 Å². The van der Waals surface area contributed by atoms with Crippen LogP contribution in [0.3, 0.4) is 0 Å². The number of nitrogens with zero attached hydrogens (tertiary/aromatic N) is 1. The maximum absolute atomic E-state index is 12.9. The quantitative estimate of drug-likeness (QED) is 0.0272. The van der Waals surface area contributed by atoms with Crippen molar-refractivity contribution in [2.75, 3.05) is 40.9 Å². The second-order valence-electron chi connectivity index (χ2n) is 19.9. The minimum atomic E-state index is -4.63. The summed E-state index contributed by atoms with van der Waals surface area (Å²) in [5.74, 6) is -0.273. The van der Waals surface area contributed by atoms with Crippen LogP contribution in [0.4, 0.5) is 0 Å². The number of quaternary nitrogens is 1. The van der Waals surface area contributed by atoms with Crippen LogP contribution in [0, 0.1) is 0 Å². The van der Waals surface area contributed by atoms with E-state index in [-0.39, 0.29) is 18.9 Å². The number of nitrogens with one attached hydrogen (secondary N) is 1. The highest BCUT2D eigenvalue weighted by Gasteiger charge is 2.23. The van der Waals surface area contributed by atoms with Crippen molar-refractivity contribution in [2.24, 2.45) is 0 Å². The van der Waals surface area contributed by atoms with Crippen LogP contribution < -0.4 is 10.2 Å². The lowest BCUT2D eigenvalue weighted by Crippen LogP contribution is -2.45. The molecule has 0 aliphatic carbocycles. The summed E-state index contributed by atoms with van der Waals surface area (Å²) in [6.07, 6.45) is 77.2. The van der Waals surface area contributed by atoms with Crippen LogP contribution in [-0.4, -0.2) is 68.5 Å². The molecular weight excluding hydrogens is 900 g/mol. The fraction of sp³-hybridized carbons (Fsp3) is 0.661. The van der Waals surface area contributed by atoms with Gasteiger partial charge in [-0.15, -0.1) is 0 Å². The number of hydrogen-bond acceptors (Lipinski definition) is 6. The summed E-state index contributed by atoms with van der Waals surface area (Å²) in [6, 6.07) is -0.951. The van der Waals surface area contributed by atoms with Gasteiger partial charge in [-0.1, -0.05) is 232 Å². The average Bonchev–Trinajstić information content (AvgIpc) is 3.33. The Labute approximate surface area is 437 Å². The van der Waals surface area contributed by atoms with E-state index in [0.717, 1.165) is 70.6 Å². The molecule has 0 aromatic rings. The van der Waals surface area contributed by atoms with Gasteiger partial charge < -0.3 is 28.8 Å². The van der Waals surface area contributed by atoms with Gasteiger partial charge in [0.05, 0.1) is 39.9 Å². The Kier molecular flexibility index (Phi) is 49.5. The molecule has 71 heavy (non-hydrogen) atoms. The van der Waals surface area contributed by atoms with Crippen molar-refractivity contribution in [3.8, 4) is 0 Å². The van der Waals surface area contributed by atoms with Crippen LogP contribution in [0.2, 0.25) is 0 Å². The van der Waals surface area contributed by atoms with Crippen LogP contribution >= 0.6 is 7.82 Å². The van der Waals surface area contributed by atoms with Crippen molar-refractivity contribution < 1.29 is 32.9 Å². The second kappa shape index (κ2) is 51.8. The first-order chi connectivity index (χ1) is 34.5. The molecule has 0 bridgehead atoms. The van der Waals surface area contributed by atoms with Gasteiger partial charge in [0, 0.05) is 6.42 Å². The molecule has 0 aromatic heterocycles. The molecule has 0 aliphatic rings. The summed E-state index contributed by atoms with van der Waals surface area (Å²) in [7, 11) is 1.18. The first kappa shape index (κ1) is 67.9. The van der Waals surface area contributed by atoms with E-state index >= 15 is 0 Å². The third-order valence-electron chi connectivity index (χ3n) is 11.9. The highest BCUT2D eigenvalue weighted by Crippen LogP contribution is 2.38. The smallest absolute Gasteiger partial charge is 0.268 e. The van der Waals surface area contributed by atoms with Gasteiger partial charge in [0.2, 0.25) is 5.91 Å². The maximum atomic E-state index is 12.9. The number of aliphatic hydroxyl groups is 1. The number of allylic oxidation sites excluding steroid dienone is 19. The number of rotatable bonds is 50. The van der Waals surface area contributed by atoms with Crippen LogP contribution in [-0.2, 0) is 18.4 Å². The van der Waals surface area contributed by atoms with Gasteiger partial charge >= 0.3 is 0 Å². The zero-order valence-corrected chi connectivity index (χ0v) is 47.0. The number of phosphoric ester groups is 1. The Hall–Kier alpha value is -3.10. The first-order valence-corrected chi connectivity index (χ1v) is 29.9. The van der Waals surface area contributed by atoms with Gasteiger partial charge in [0.1, 0.15) is 13.2 Å². The fourth-order valence-electron chi connectivity index (χ4n) is 7.47. The SMILES string of the molecule is CC/C=C\C/C=C\C/C=C\C/C=C\C/C=C\C/C=C\C/C=C\CCCC(=O)NC(COP(=O)([O-])OCC[N+](C)(C)C)C(O)/C=C/CC/C=C/CC/C=C/CCCCCCCCCCCCCCCCCC. The number of phosphoric acid groups is 1. The number of likely N-dealkylation sites (N-methyl/N-ethyl adjacent to an activating group) is 1. The Morgan fingerprint density at radius 3 is 1.31 bits per heavy atom. The molecule has 8 nitrogen and oxygen atoms in total. The van der Waals surface area contributed by atoms with Gasteiger partial charge in [-0.2, -0.15) is 0 Å². The maximum Gasteiger partial charge on any atom is 0.268 e. The number of carbonyl (C=O) groups is 1. The van der Waals surface area contributed by atoms with Gasteiger partial charge in [-0.25, -0.2) is 0 Å². The number of carbonyl (C=O) groups excluding carboxylic acids is 1. The average molecular weight is 1010 g/mol. The largest absolute Gasteiger partial charge is 0.756 e. The third-order valence-corrected chi connectivity index (χ3v) is 12.8. The normalized spacial score (nSPS) is 14.9. The summed E-state index contributed by atoms with van der Waals surface area (Å²) in [5.41, 5.74) is 0. The summed E-state index contributed by atoms with van der Waals surface area (Å²) >= 11 is 0. The van der Waals surface area contributed by atoms with Gasteiger partial charge in [0.25, 0.3) is 7.82 Å². The fourth-order valence-corrected chi connectivity index (χ4v) is 8.19.